The van der Waals surface area contributed by atoms with Crippen LogP contribution >= 0.6 is 0 Å². The maximum Gasteiger partial charge on any atom is 0.257 e. The number of hydrogen-bond acceptors (Lipinski definition) is 3. The van der Waals surface area contributed by atoms with Crippen LogP contribution in [0.1, 0.15) is 28.5 Å². The number of carbonyl (C=O) groups is 2. The second-order valence-corrected chi connectivity index (χ2v) is 6.68. The molecule has 2 amide bonds. The van der Waals surface area contributed by atoms with Crippen molar-refractivity contribution in [2.45, 2.75) is 20.3 Å². The standard InChI is InChI=1S/C22H24N4O2/c1-4-20-19(14-23-26(20)18-8-6-5-7-9-18)22(28)25(3)15-21(27)24-17-12-10-16(2)11-13-17/h5-14H,4,15H2,1-3H3,(H,24,27). The first-order valence-electron chi connectivity index (χ1n) is 9.24. The smallest absolute Gasteiger partial charge is 0.257 e. The number of likely N-dealkylation sites (N-methyl/N-ethyl adjacent to an activating group) is 1. The Balaban J connectivity index is 1.72. The number of nitrogens with one attached hydrogen (secondary N) is 1. The minimum Gasteiger partial charge on any atom is -0.332 e. The predicted molar refractivity (Wildman–Crippen MR) is 110 cm³/mol. The minimum absolute atomic E-state index is 0.0353. The van der Waals surface area contributed by atoms with Gasteiger partial charge in [0.05, 0.1) is 29.7 Å². The number of nitrogens with zero attached hydrogens (tertiary/aromatic N) is 3. The van der Waals surface area contributed by atoms with E-state index in [1.54, 1.807) is 17.9 Å². The largest absolute Gasteiger partial charge is 0.332 e. The molecule has 0 unspecified atom stereocenters. The van der Waals surface area contributed by atoms with Gasteiger partial charge >= 0.3 is 0 Å². The van der Waals surface area contributed by atoms with Crippen LogP contribution in [0.15, 0.2) is 60.8 Å². The molecule has 0 aliphatic rings. The van der Waals surface area contributed by atoms with Crippen molar-refractivity contribution in [1.82, 2.24) is 14.7 Å². The third kappa shape index (κ3) is 4.28. The maximum atomic E-state index is 12.9. The van der Waals surface area contributed by atoms with Gasteiger partial charge in [-0.15, -0.1) is 0 Å². The highest BCUT2D eigenvalue weighted by molar-refractivity contribution is 5.99. The molecular formula is C22H24N4O2. The van der Waals surface area contributed by atoms with Gasteiger partial charge in [0.25, 0.3) is 5.91 Å². The van der Waals surface area contributed by atoms with Crippen molar-refractivity contribution in [2.24, 2.45) is 0 Å². The SMILES string of the molecule is CCc1c(C(=O)N(C)CC(=O)Nc2ccc(C)cc2)cnn1-c1ccccc1. The molecule has 6 heteroatoms. The first kappa shape index (κ1) is 19.4. The van der Waals surface area contributed by atoms with Crippen LogP contribution in [-0.4, -0.2) is 40.1 Å². The van der Waals surface area contributed by atoms with Crippen LogP contribution in [0, 0.1) is 6.92 Å². The van der Waals surface area contributed by atoms with Gasteiger partial charge in [-0.3, -0.25) is 9.59 Å². The fraction of sp³-hybridized carbons (Fsp3) is 0.227. The lowest BCUT2D eigenvalue weighted by molar-refractivity contribution is -0.116. The molecule has 0 fully saturated rings. The predicted octanol–water partition coefficient (Wildman–Crippen LogP) is 3.45. The molecule has 0 atom stereocenters. The molecule has 28 heavy (non-hydrogen) atoms. The Kier molecular flexibility index (Phi) is 5.89. The Morgan fingerprint density at radius 3 is 2.39 bits per heavy atom. The lowest BCUT2D eigenvalue weighted by atomic mass is 10.1. The monoisotopic (exact) mass is 376 g/mol. The zero-order chi connectivity index (χ0) is 20.1. The second-order valence-electron chi connectivity index (χ2n) is 6.68. The van der Waals surface area contributed by atoms with Crippen LogP contribution in [-0.2, 0) is 11.2 Å². The topological polar surface area (TPSA) is 67.2 Å². The third-order valence-electron chi connectivity index (χ3n) is 4.50. The van der Waals surface area contributed by atoms with Crippen LogP contribution in [0.25, 0.3) is 5.69 Å². The van der Waals surface area contributed by atoms with Gasteiger partial charge in [0.1, 0.15) is 0 Å². The van der Waals surface area contributed by atoms with Gasteiger partial charge in [-0.05, 0) is 37.6 Å². The molecule has 1 aromatic heterocycles. The number of aryl methyl sites for hydroxylation is 1. The summed E-state index contributed by atoms with van der Waals surface area (Å²) in [6, 6.07) is 17.2. The third-order valence-corrected chi connectivity index (χ3v) is 4.50. The summed E-state index contributed by atoms with van der Waals surface area (Å²) < 4.78 is 1.77. The van der Waals surface area contributed by atoms with Crippen LogP contribution in [0.2, 0.25) is 0 Å². The number of anilines is 1. The van der Waals surface area contributed by atoms with Crippen LogP contribution < -0.4 is 5.32 Å². The van der Waals surface area contributed by atoms with E-state index in [0.717, 1.165) is 16.9 Å². The van der Waals surface area contributed by atoms with Gasteiger partial charge in [-0.1, -0.05) is 42.8 Å². The van der Waals surface area contributed by atoms with Gasteiger partial charge in [-0.25, -0.2) is 4.68 Å². The molecule has 0 aliphatic heterocycles. The van der Waals surface area contributed by atoms with E-state index in [9.17, 15) is 9.59 Å². The van der Waals surface area contributed by atoms with Gasteiger partial charge in [-0.2, -0.15) is 5.10 Å². The Bertz CT molecular complexity index is 962. The lowest BCUT2D eigenvalue weighted by Crippen LogP contribution is -2.35. The molecular weight excluding hydrogens is 352 g/mol. The Labute approximate surface area is 164 Å². The molecule has 3 rings (SSSR count). The van der Waals surface area contributed by atoms with Gasteiger partial charge in [0.2, 0.25) is 5.91 Å². The van der Waals surface area contributed by atoms with Gasteiger partial charge in [0, 0.05) is 12.7 Å². The molecule has 0 aliphatic carbocycles. The molecule has 0 spiro atoms. The van der Waals surface area contributed by atoms with E-state index >= 15 is 0 Å². The molecule has 2 aromatic carbocycles. The summed E-state index contributed by atoms with van der Waals surface area (Å²) in [6.07, 6.45) is 2.22. The number of amides is 2. The highest BCUT2D eigenvalue weighted by Crippen LogP contribution is 2.17. The summed E-state index contributed by atoms with van der Waals surface area (Å²) in [5, 5.41) is 7.20. The minimum atomic E-state index is -0.242. The molecule has 0 saturated heterocycles. The Hall–Kier alpha value is -3.41. The van der Waals surface area contributed by atoms with Crippen molar-refractivity contribution in [3.8, 4) is 5.69 Å². The quantitative estimate of drug-likeness (QED) is 0.716. The number of benzene rings is 2. The number of hydrogen-bond donors (Lipinski definition) is 1. The van der Waals surface area contributed by atoms with E-state index in [0.29, 0.717) is 17.7 Å². The van der Waals surface area contributed by atoms with E-state index in [4.69, 9.17) is 0 Å². The molecule has 0 saturated carbocycles. The molecule has 3 aromatic rings. The van der Waals surface area contributed by atoms with Crippen molar-refractivity contribution >= 4 is 17.5 Å². The van der Waals surface area contributed by atoms with Crippen LogP contribution in [0.3, 0.4) is 0 Å². The summed E-state index contributed by atoms with van der Waals surface area (Å²) in [4.78, 5) is 26.6. The van der Waals surface area contributed by atoms with Crippen LogP contribution in [0.4, 0.5) is 5.69 Å². The molecule has 1 heterocycles. The normalized spacial score (nSPS) is 10.5. The number of carbonyl (C=O) groups excluding carboxylic acids is 2. The summed E-state index contributed by atoms with van der Waals surface area (Å²) in [5.74, 6) is -0.466. The van der Waals surface area contributed by atoms with Crippen molar-refractivity contribution in [3.63, 3.8) is 0 Å². The van der Waals surface area contributed by atoms with E-state index in [1.807, 2.05) is 68.4 Å². The fourth-order valence-electron chi connectivity index (χ4n) is 3.01. The molecule has 1 N–H and O–H groups in total. The Morgan fingerprint density at radius 1 is 1.07 bits per heavy atom. The first-order chi connectivity index (χ1) is 13.5. The highest BCUT2D eigenvalue weighted by Gasteiger charge is 2.21. The number of aromatic nitrogens is 2. The zero-order valence-electron chi connectivity index (χ0n) is 16.3. The molecule has 0 radical (unpaired) electrons. The summed E-state index contributed by atoms with van der Waals surface area (Å²) in [5.41, 5.74) is 4.06. The lowest BCUT2D eigenvalue weighted by Gasteiger charge is -2.17. The van der Waals surface area contributed by atoms with E-state index in [-0.39, 0.29) is 18.4 Å². The average Bonchev–Trinajstić information content (AvgIpc) is 3.13. The zero-order valence-corrected chi connectivity index (χ0v) is 16.3. The van der Waals surface area contributed by atoms with E-state index < -0.39 is 0 Å². The molecule has 144 valence electrons. The first-order valence-corrected chi connectivity index (χ1v) is 9.24. The highest BCUT2D eigenvalue weighted by atomic mass is 16.2. The van der Waals surface area contributed by atoms with Gasteiger partial charge in [0.15, 0.2) is 0 Å². The van der Waals surface area contributed by atoms with E-state index in [2.05, 4.69) is 10.4 Å². The molecule has 0 bridgehead atoms. The maximum absolute atomic E-state index is 12.9. The summed E-state index contributed by atoms with van der Waals surface area (Å²) >= 11 is 0. The molecule has 6 nitrogen and oxygen atoms in total. The summed E-state index contributed by atoms with van der Waals surface area (Å²) in [7, 11) is 1.62. The van der Waals surface area contributed by atoms with Crippen molar-refractivity contribution < 1.29 is 9.59 Å². The van der Waals surface area contributed by atoms with Gasteiger partial charge < -0.3 is 10.2 Å². The average molecular weight is 376 g/mol. The second kappa shape index (κ2) is 8.52. The Morgan fingerprint density at radius 2 is 1.75 bits per heavy atom. The number of rotatable bonds is 6. The fourth-order valence-corrected chi connectivity index (χ4v) is 3.01. The van der Waals surface area contributed by atoms with Crippen molar-refractivity contribution in [2.75, 3.05) is 18.9 Å². The van der Waals surface area contributed by atoms with Crippen LogP contribution in [0.5, 0.6) is 0 Å². The van der Waals surface area contributed by atoms with E-state index in [1.165, 1.54) is 4.90 Å². The number of para-hydroxylation sites is 1. The summed E-state index contributed by atoms with van der Waals surface area (Å²) in [6.45, 7) is 3.93. The van der Waals surface area contributed by atoms with Crippen molar-refractivity contribution in [3.05, 3.63) is 77.6 Å². The van der Waals surface area contributed by atoms with Crippen molar-refractivity contribution in [1.29, 1.82) is 0 Å².